The molecule has 0 saturated heterocycles. The highest BCUT2D eigenvalue weighted by Gasteiger charge is 2.40. The molecule has 0 fully saturated rings. The third-order valence-corrected chi connectivity index (χ3v) is 1.57. The molecule has 0 unspecified atom stereocenters. The first-order valence-electron chi connectivity index (χ1n) is 4.40. The van der Waals surface area contributed by atoms with Crippen LogP contribution < -0.4 is 5.32 Å². The molecule has 1 atom stereocenters. The highest BCUT2D eigenvalue weighted by molar-refractivity contribution is 5.34. The van der Waals surface area contributed by atoms with Crippen LogP contribution in [0.15, 0.2) is 24.4 Å². The largest absolute Gasteiger partial charge is 0.433 e. The first kappa shape index (κ1) is 11.8. The summed E-state index contributed by atoms with van der Waals surface area (Å²) in [5, 5.41) is 2.16. The molecule has 0 spiro atoms. The molecule has 0 aliphatic rings. The lowest BCUT2D eigenvalue weighted by Crippen LogP contribution is -2.38. The minimum absolute atomic E-state index is 0.0238. The van der Waals surface area contributed by atoms with Gasteiger partial charge in [-0.25, -0.2) is 4.98 Å². The Morgan fingerprint density at radius 1 is 1.47 bits per heavy atom. The van der Waals surface area contributed by atoms with Gasteiger partial charge in [0.05, 0.1) is 0 Å². The monoisotopic (exact) mass is 220 g/mol. The van der Waals surface area contributed by atoms with Crippen molar-refractivity contribution in [2.24, 2.45) is 0 Å². The van der Waals surface area contributed by atoms with E-state index in [1.807, 2.05) is 0 Å². The molecule has 3 nitrogen and oxygen atoms in total. The van der Waals surface area contributed by atoms with E-state index < -0.39 is 12.4 Å². The Morgan fingerprint density at radius 3 is 2.67 bits per heavy atom. The minimum atomic E-state index is -4.45. The van der Waals surface area contributed by atoms with Gasteiger partial charge in [0.15, 0.2) is 0 Å². The Hall–Kier alpha value is -1.30. The van der Waals surface area contributed by atoms with Crippen molar-refractivity contribution in [1.82, 2.24) is 4.98 Å². The van der Waals surface area contributed by atoms with Gasteiger partial charge in [-0.3, -0.25) is 0 Å². The predicted molar refractivity (Wildman–Crippen MR) is 49.3 cm³/mol. The lowest BCUT2D eigenvalue weighted by molar-refractivity contribution is -0.209. The van der Waals surface area contributed by atoms with Crippen LogP contribution in [0.2, 0.25) is 0 Å². The number of pyridine rings is 1. The molecule has 1 N–H and O–H groups in total. The molecule has 0 saturated carbocycles. The summed E-state index contributed by atoms with van der Waals surface area (Å²) in [6, 6.07) is 4.65. The normalized spacial score (nSPS) is 13.6. The maximum Gasteiger partial charge on any atom is 0.433 e. The van der Waals surface area contributed by atoms with Crippen LogP contribution in [-0.2, 0) is 4.74 Å². The smallest absolute Gasteiger partial charge is 0.350 e. The Balaban J connectivity index is 2.67. The third-order valence-electron chi connectivity index (χ3n) is 1.57. The van der Waals surface area contributed by atoms with Gasteiger partial charge in [0, 0.05) is 12.8 Å². The Bertz CT molecular complexity index is 289. The Morgan fingerprint density at radius 2 is 2.20 bits per heavy atom. The topological polar surface area (TPSA) is 34.1 Å². The van der Waals surface area contributed by atoms with Crippen molar-refractivity contribution in [3.8, 4) is 0 Å². The van der Waals surface area contributed by atoms with Crippen LogP contribution in [-0.4, -0.2) is 24.0 Å². The summed E-state index contributed by atoms with van der Waals surface area (Å²) in [6.07, 6.45) is -5.06. The van der Waals surface area contributed by atoms with Crippen LogP contribution in [0.4, 0.5) is 19.0 Å². The van der Waals surface area contributed by atoms with Gasteiger partial charge in [-0.15, -0.1) is 0 Å². The van der Waals surface area contributed by atoms with E-state index in [2.05, 4.69) is 15.0 Å². The van der Waals surface area contributed by atoms with Crippen LogP contribution in [0.5, 0.6) is 0 Å². The Labute approximate surface area is 85.3 Å². The van der Waals surface area contributed by atoms with Crippen molar-refractivity contribution in [2.45, 2.75) is 19.3 Å². The zero-order valence-corrected chi connectivity index (χ0v) is 8.08. The van der Waals surface area contributed by atoms with E-state index in [1.54, 1.807) is 12.1 Å². The Kier molecular flexibility index (Phi) is 3.90. The molecule has 0 aromatic carbocycles. The highest BCUT2D eigenvalue weighted by atomic mass is 19.4. The minimum Gasteiger partial charge on any atom is -0.350 e. The fourth-order valence-electron chi connectivity index (χ4n) is 0.967. The molecule has 1 heterocycles. The number of nitrogens with one attached hydrogen (secondary N) is 1. The molecule has 1 rings (SSSR count). The number of hydrogen-bond donors (Lipinski definition) is 1. The molecular weight excluding hydrogens is 209 g/mol. The molecule has 0 aliphatic carbocycles. The maximum atomic E-state index is 12.4. The van der Waals surface area contributed by atoms with Crippen molar-refractivity contribution in [2.75, 3.05) is 11.9 Å². The maximum absolute atomic E-state index is 12.4. The summed E-state index contributed by atoms with van der Waals surface area (Å²) in [7, 11) is 0. The van der Waals surface area contributed by atoms with E-state index >= 15 is 0 Å². The standard InChI is InChI=1S/C9H11F3N2O/c1-2-15-8(9(10,11)12)14-7-5-3-4-6-13-7/h3-6,8H,2H2,1H3,(H,13,14)/t8-/m1/s1. The zero-order chi connectivity index (χ0) is 11.3. The quantitative estimate of drug-likeness (QED) is 0.791. The number of anilines is 1. The average Bonchev–Trinajstić information content (AvgIpc) is 2.17. The summed E-state index contributed by atoms with van der Waals surface area (Å²) in [4.78, 5) is 3.72. The number of hydrogen-bond acceptors (Lipinski definition) is 3. The molecule has 0 aliphatic heterocycles. The van der Waals surface area contributed by atoms with Crippen LogP contribution >= 0.6 is 0 Å². The zero-order valence-electron chi connectivity index (χ0n) is 8.08. The van der Waals surface area contributed by atoms with Crippen LogP contribution in [0.3, 0.4) is 0 Å². The first-order valence-corrected chi connectivity index (χ1v) is 4.40. The summed E-state index contributed by atoms with van der Waals surface area (Å²) in [5.41, 5.74) is 0. The number of nitrogens with zero attached hydrogens (tertiary/aromatic N) is 1. The number of alkyl halides is 3. The number of aromatic nitrogens is 1. The van der Waals surface area contributed by atoms with Gasteiger partial charge in [-0.05, 0) is 19.1 Å². The summed E-state index contributed by atoms with van der Waals surface area (Å²) in [6.45, 7) is 1.48. The van der Waals surface area contributed by atoms with Crippen LogP contribution in [0, 0.1) is 0 Å². The number of rotatable bonds is 4. The van der Waals surface area contributed by atoms with Gasteiger partial charge in [0.2, 0.25) is 6.23 Å². The van der Waals surface area contributed by atoms with E-state index in [1.165, 1.54) is 19.2 Å². The van der Waals surface area contributed by atoms with Crippen molar-refractivity contribution in [1.29, 1.82) is 0 Å². The van der Waals surface area contributed by atoms with E-state index in [0.717, 1.165) is 0 Å². The number of halogens is 3. The second-order valence-corrected chi connectivity index (χ2v) is 2.74. The highest BCUT2D eigenvalue weighted by Crippen LogP contribution is 2.23. The van der Waals surface area contributed by atoms with Crippen molar-refractivity contribution in [3.05, 3.63) is 24.4 Å². The lowest BCUT2D eigenvalue weighted by atomic mass is 10.4. The summed E-state index contributed by atoms with van der Waals surface area (Å²) < 4.78 is 41.7. The number of ether oxygens (including phenoxy) is 1. The average molecular weight is 220 g/mol. The molecule has 84 valence electrons. The molecule has 0 bridgehead atoms. The third kappa shape index (κ3) is 3.75. The molecule has 1 aromatic rings. The fraction of sp³-hybridized carbons (Fsp3) is 0.444. The van der Waals surface area contributed by atoms with Gasteiger partial charge in [0.1, 0.15) is 5.82 Å². The lowest BCUT2D eigenvalue weighted by Gasteiger charge is -2.21. The van der Waals surface area contributed by atoms with Crippen molar-refractivity contribution in [3.63, 3.8) is 0 Å². The van der Waals surface area contributed by atoms with Gasteiger partial charge in [0.25, 0.3) is 0 Å². The van der Waals surface area contributed by atoms with Gasteiger partial charge < -0.3 is 10.1 Å². The van der Waals surface area contributed by atoms with E-state index in [9.17, 15) is 13.2 Å². The van der Waals surface area contributed by atoms with Gasteiger partial charge in [-0.2, -0.15) is 13.2 Å². The molecule has 6 heteroatoms. The van der Waals surface area contributed by atoms with E-state index in [-0.39, 0.29) is 12.4 Å². The predicted octanol–water partition coefficient (Wildman–Crippen LogP) is 2.42. The van der Waals surface area contributed by atoms with Gasteiger partial charge in [-0.1, -0.05) is 6.07 Å². The molecule has 0 radical (unpaired) electrons. The fourth-order valence-corrected chi connectivity index (χ4v) is 0.967. The second-order valence-electron chi connectivity index (χ2n) is 2.74. The van der Waals surface area contributed by atoms with E-state index in [4.69, 9.17) is 0 Å². The molecule has 1 aromatic heterocycles. The van der Waals surface area contributed by atoms with Crippen molar-refractivity contribution < 1.29 is 17.9 Å². The van der Waals surface area contributed by atoms with E-state index in [0.29, 0.717) is 0 Å². The molecular formula is C9H11F3N2O. The first-order chi connectivity index (χ1) is 7.04. The second kappa shape index (κ2) is 4.97. The van der Waals surface area contributed by atoms with Gasteiger partial charge >= 0.3 is 6.18 Å². The summed E-state index contributed by atoms with van der Waals surface area (Å²) in [5.74, 6) is 0.133. The molecule has 15 heavy (non-hydrogen) atoms. The molecule has 0 amide bonds. The summed E-state index contributed by atoms with van der Waals surface area (Å²) >= 11 is 0. The van der Waals surface area contributed by atoms with Crippen LogP contribution in [0.1, 0.15) is 6.92 Å². The van der Waals surface area contributed by atoms with Crippen LogP contribution in [0.25, 0.3) is 0 Å². The van der Waals surface area contributed by atoms with Crippen molar-refractivity contribution >= 4 is 5.82 Å². The SMILES string of the molecule is CCO[C@@H](Nc1ccccn1)C(F)(F)F.